The molecule has 0 bridgehead atoms. The van der Waals surface area contributed by atoms with Gasteiger partial charge in [-0.15, -0.1) is 12.6 Å². The molecule has 0 spiro atoms. The molecule has 0 fully saturated rings. The van der Waals surface area contributed by atoms with Crippen molar-refractivity contribution >= 4 is 12.6 Å². The van der Waals surface area contributed by atoms with Gasteiger partial charge in [0.2, 0.25) is 0 Å². The van der Waals surface area contributed by atoms with Crippen molar-refractivity contribution in [1.29, 1.82) is 0 Å². The normalized spacial score (nSPS) is 11.6. The number of thiol groups is 1. The first-order valence-electron chi connectivity index (χ1n) is 5.22. The summed E-state index contributed by atoms with van der Waals surface area (Å²) >= 11 is 4.43. The van der Waals surface area contributed by atoms with E-state index in [-0.39, 0.29) is 0 Å². The first kappa shape index (κ1) is 12.2. The molecule has 0 saturated carbocycles. The summed E-state index contributed by atoms with van der Waals surface area (Å²) < 4.78 is 0. The van der Waals surface area contributed by atoms with Gasteiger partial charge >= 0.3 is 0 Å². The molecule has 1 aromatic carbocycles. The zero-order valence-electron chi connectivity index (χ0n) is 9.70. The molecule has 15 heavy (non-hydrogen) atoms. The van der Waals surface area contributed by atoms with Gasteiger partial charge in [-0.1, -0.05) is 24.3 Å². The van der Waals surface area contributed by atoms with E-state index in [1.165, 1.54) is 11.3 Å². The molecule has 0 aromatic heterocycles. The van der Waals surface area contributed by atoms with Crippen molar-refractivity contribution in [2.45, 2.75) is 24.7 Å². The number of aryl methyl sites for hydroxylation is 1. The van der Waals surface area contributed by atoms with Crippen LogP contribution >= 0.6 is 12.6 Å². The second-order valence-electron chi connectivity index (χ2n) is 3.91. The van der Waals surface area contributed by atoms with Crippen LogP contribution in [0.15, 0.2) is 40.9 Å². The Morgan fingerprint density at radius 1 is 1.33 bits per heavy atom. The van der Waals surface area contributed by atoms with Crippen LogP contribution < -0.4 is 0 Å². The largest absolute Gasteiger partial charge is 0.381 e. The molecular formula is C13H19NS. The van der Waals surface area contributed by atoms with Gasteiger partial charge in [0.1, 0.15) is 0 Å². The van der Waals surface area contributed by atoms with E-state index in [2.05, 4.69) is 56.8 Å². The van der Waals surface area contributed by atoms with E-state index in [1.54, 1.807) is 0 Å². The Labute approximate surface area is 98.2 Å². The molecule has 0 aliphatic rings. The van der Waals surface area contributed by atoms with Crippen LogP contribution in [0.25, 0.3) is 0 Å². The molecule has 0 atom stereocenters. The molecule has 1 aromatic rings. The van der Waals surface area contributed by atoms with Crippen LogP contribution in [0.4, 0.5) is 0 Å². The summed E-state index contributed by atoms with van der Waals surface area (Å²) in [6.45, 7) is 2.13. The summed E-state index contributed by atoms with van der Waals surface area (Å²) in [6.07, 6.45) is 4.40. The first-order valence-corrected chi connectivity index (χ1v) is 5.67. The minimum atomic E-state index is 1.06. The van der Waals surface area contributed by atoms with Crippen LogP contribution in [0.5, 0.6) is 0 Å². The van der Waals surface area contributed by atoms with Crippen molar-refractivity contribution < 1.29 is 0 Å². The van der Waals surface area contributed by atoms with Gasteiger partial charge in [0.05, 0.1) is 0 Å². The molecule has 0 aliphatic carbocycles. The van der Waals surface area contributed by atoms with Gasteiger partial charge in [0, 0.05) is 24.7 Å². The Morgan fingerprint density at radius 2 is 2.00 bits per heavy atom. The Kier molecular flexibility index (Phi) is 4.76. The highest BCUT2D eigenvalue weighted by Gasteiger charge is 1.96. The van der Waals surface area contributed by atoms with Crippen LogP contribution in [-0.4, -0.2) is 19.0 Å². The van der Waals surface area contributed by atoms with E-state index < -0.39 is 0 Å². The molecule has 0 aliphatic heterocycles. The highest BCUT2D eigenvalue weighted by Crippen LogP contribution is 2.15. The number of benzene rings is 1. The molecule has 0 N–H and O–H groups in total. The highest BCUT2D eigenvalue weighted by atomic mass is 32.1. The quantitative estimate of drug-likeness (QED) is 0.763. The molecule has 2 heteroatoms. The van der Waals surface area contributed by atoms with Gasteiger partial charge in [0.25, 0.3) is 0 Å². The van der Waals surface area contributed by atoms with Crippen molar-refractivity contribution in [3.63, 3.8) is 0 Å². The second-order valence-corrected chi connectivity index (χ2v) is 4.39. The van der Waals surface area contributed by atoms with Gasteiger partial charge in [-0.05, 0) is 31.4 Å². The van der Waals surface area contributed by atoms with Crippen molar-refractivity contribution in [3.8, 4) is 0 Å². The maximum atomic E-state index is 4.43. The van der Waals surface area contributed by atoms with Gasteiger partial charge in [0.15, 0.2) is 0 Å². The predicted octanol–water partition coefficient (Wildman–Crippen LogP) is 3.37. The number of hydrogen-bond donors (Lipinski definition) is 1. The summed E-state index contributed by atoms with van der Waals surface area (Å²) in [5.41, 5.74) is 2.63. The van der Waals surface area contributed by atoms with Gasteiger partial charge in [-0.2, -0.15) is 0 Å². The summed E-state index contributed by atoms with van der Waals surface area (Å²) in [6, 6.07) is 8.27. The van der Waals surface area contributed by atoms with Crippen molar-refractivity contribution in [2.24, 2.45) is 0 Å². The molecule has 0 saturated heterocycles. The van der Waals surface area contributed by atoms with E-state index in [0.717, 1.165) is 17.7 Å². The number of hydrogen-bond acceptors (Lipinski definition) is 2. The van der Waals surface area contributed by atoms with Gasteiger partial charge in [-0.25, -0.2) is 0 Å². The lowest BCUT2D eigenvalue weighted by Gasteiger charge is -2.12. The molecule has 82 valence electrons. The SMILES string of the molecule is C/C(=C\CCc1ccccc1S)N(C)C. The lowest BCUT2D eigenvalue weighted by Crippen LogP contribution is -2.07. The Balaban J connectivity index is 2.52. The average Bonchev–Trinajstić information content (AvgIpc) is 2.20. The fraction of sp³-hybridized carbons (Fsp3) is 0.385. The van der Waals surface area contributed by atoms with Crippen LogP contribution in [0.1, 0.15) is 18.9 Å². The number of nitrogens with zero attached hydrogens (tertiary/aromatic N) is 1. The van der Waals surface area contributed by atoms with E-state index in [9.17, 15) is 0 Å². The first-order chi connectivity index (χ1) is 7.11. The third-order valence-electron chi connectivity index (χ3n) is 2.55. The molecular weight excluding hydrogens is 202 g/mol. The molecule has 0 amide bonds. The topological polar surface area (TPSA) is 3.24 Å². The summed E-state index contributed by atoms with van der Waals surface area (Å²) in [5, 5.41) is 0. The standard InChI is InChI=1S/C13H19NS/c1-11(14(2)3)7-6-9-12-8-4-5-10-13(12)15/h4-5,7-8,10,15H,6,9H2,1-3H3/b11-7+. The van der Waals surface area contributed by atoms with E-state index >= 15 is 0 Å². The fourth-order valence-electron chi connectivity index (χ4n) is 1.34. The molecule has 0 unspecified atom stereocenters. The molecule has 1 nitrogen and oxygen atoms in total. The Morgan fingerprint density at radius 3 is 2.60 bits per heavy atom. The predicted molar refractivity (Wildman–Crippen MR) is 69.5 cm³/mol. The lowest BCUT2D eigenvalue weighted by atomic mass is 10.1. The zero-order chi connectivity index (χ0) is 11.3. The molecule has 0 heterocycles. The molecule has 0 radical (unpaired) electrons. The fourth-order valence-corrected chi connectivity index (χ4v) is 1.61. The van der Waals surface area contributed by atoms with Gasteiger partial charge < -0.3 is 4.90 Å². The van der Waals surface area contributed by atoms with E-state index in [0.29, 0.717) is 0 Å². The van der Waals surface area contributed by atoms with Crippen LogP contribution in [0.2, 0.25) is 0 Å². The summed E-state index contributed by atoms with van der Waals surface area (Å²) in [7, 11) is 4.14. The van der Waals surface area contributed by atoms with Crippen LogP contribution in [-0.2, 0) is 6.42 Å². The highest BCUT2D eigenvalue weighted by molar-refractivity contribution is 7.80. The third kappa shape index (κ3) is 4.00. The zero-order valence-corrected chi connectivity index (χ0v) is 10.6. The Bertz CT molecular complexity index is 342. The summed E-state index contributed by atoms with van der Waals surface area (Å²) in [4.78, 5) is 3.22. The number of allylic oxidation sites excluding steroid dienone is 2. The lowest BCUT2D eigenvalue weighted by molar-refractivity contribution is 0.510. The van der Waals surface area contributed by atoms with Crippen molar-refractivity contribution in [1.82, 2.24) is 4.90 Å². The maximum Gasteiger partial charge on any atom is 0.00721 e. The summed E-state index contributed by atoms with van der Waals surface area (Å²) in [5.74, 6) is 0. The second kappa shape index (κ2) is 5.86. The minimum absolute atomic E-state index is 1.06. The van der Waals surface area contributed by atoms with Crippen molar-refractivity contribution in [3.05, 3.63) is 41.6 Å². The van der Waals surface area contributed by atoms with Gasteiger partial charge in [-0.3, -0.25) is 0 Å². The third-order valence-corrected chi connectivity index (χ3v) is 2.99. The smallest absolute Gasteiger partial charge is 0.00721 e. The average molecular weight is 221 g/mol. The van der Waals surface area contributed by atoms with E-state index in [1.807, 2.05) is 12.1 Å². The van der Waals surface area contributed by atoms with Crippen molar-refractivity contribution in [2.75, 3.05) is 14.1 Å². The van der Waals surface area contributed by atoms with Crippen LogP contribution in [0, 0.1) is 0 Å². The van der Waals surface area contributed by atoms with Crippen LogP contribution in [0.3, 0.4) is 0 Å². The molecule has 1 rings (SSSR count). The Hall–Kier alpha value is -0.890. The monoisotopic (exact) mass is 221 g/mol. The maximum absolute atomic E-state index is 4.43. The number of rotatable bonds is 4. The van der Waals surface area contributed by atoms with E-state index in [4.69, 9.17) is 0 Å². The minimum Gasteiger partial charge on any atom is -0.381 e.